The predicted octanol–water partition coefficient (Wildman–Crippen LogP) is 2.21. The Hall–Kier alpha value is -0.630. The van der Waals surface area contributed by atoms with Gasteiger partial charge in [-0.2, -0.15) is 4.31 Å². The fourth-order valence-electron chi connectivity index (χ4n) is 2.96. The molecule has 0 spiro atoms. The lowest BCUT2D eigenvalue weighted by Crippen LogP contribution is -2.41. The van der Waals surface area contributed by atoms with Crippen LogP contribution >= 0.6 is 15.9 Å². The zero-order chi connectivity index (χ0) is 15.6. The first-order valence-electron chi connectivity index (χ1n) is 6.93. The molecule has 1 saturated carbocycles. The van der Waals surface area contributed by atoms with Crippen LogP contribution in [0.3, 0.4) is 0 Å². The standard InChI is InChI=1S/C14H21BrN2O3S/c1-17(12-5-3-4-10(12)9-16)21(18,19)14-8-11(15)6-7-13(14)20-2/h6-8,10,12H,3-5,9,16H2,1-2H3. The summed E-state index contributed by atoms with van der Waals surface area (Å²) in [6.07, 6.45) is 2.85. The molecule has 118 valence electrons. The first-order chi connectivity index (χ1) is 9.91. The van der Waals surface area contributed by atoms with Crippen molar-refractivity contribution in [2.24, 2.45) is 11.7 Å². The van der Waals surface area contributed by atoms with Gasteiger partial charge in [-0.1, -0.05) is 22.4 Å². The van der Waals surface area contributed by atoms with Crippen molar-refractivity contribution >= 4 is 26.0 Å². The highest BCUT2D eigenvalue weighted by molar-refractivity contribution is 9.10. The van der Waals surface area contributed by atoms with Crippen molar-refractivity contribution in [3.8, 4) is 5.75 Å². The molecule has 21 heavy (non-hydrogen) atoms. The van der Waals surface area contributed by atoms with Crippen LogP contribution in [-0.4, -0.2) is 39.5 Å². The van der Waals surface area contributed by atoms with E-state index >= 15 is 0 Å². The topological polar surface area (TPSA) is 72.6 Å². The quantitative estimate of drug-likeness (QED) is 0.854. The molecule has 2 atom stereocenters. The van der Waals surface area contributed by atoms with Crippen LogP contribution in [0.4, 0.5) is 0 Å². The molecular weight excluding hydrogens is 356 g/mol. The van der Waals surface area contributed by atoms with Crippen LogP contribution in [0.25, 0.3) is 0 Å². The lowest BCUT2D eigenvalue weighted by molar-refractivity contribution is 0.302. The molecule has 2 unspecified atom stereocenters. The van der Waals surface area contributed by atoms with E-state index in [1.807, 2.05) is 0 Å². The van der Waals surface area contributed by atoms with E-state index in [9.17, 15) is 8.42 Å². The molecule has 2 N–H and O–H groups in total. The fourth-order valence-corrected chi connectivity index (χ4v) is 5.09. The minimum atomic E-state index is -3.61. The summed E-state index contributed by atoms with van der Waals surface area (Å²) >= 11 is 3.32. The monoisotopic (exact) mass is 376 g/mol. The summed E-state index contributed by atoms with van der Waals surface area (Å²) in [6.45, 7) is 0.514. The normalized spacial score (nSPS) is 22.7. The Morgan fingerprint density at radius 3 is 2.76 bits per heavy atom. The van der Waals surface area contributed by atoms with Crippen LogP contribution in [0.15, 0.2) is 27.6 Å². The molecule has 1 aromatic rings. The number of benzene rings is 1. The van der Waals surface area contributed by atoms with Gasteiger partial charge in [-0.15, -0.1) is 0 Å². The Balaban J connectivity index is 2.39. The summed E-state index contributed by atoms with van der Waals surface area (Å²) in [4.78, 5) is 0.185. The van der Waals surface area contributed by atoms with Gasteiger partial charge in [0.05, 0.1) is 7.11 Å². The molecule has 0 amide bonds. The van der Waals surface area contributed by atoms with Crippen molar-refractivity contribution in [3.63, 3.8) is 0 Å². The van der Waals surface area contributed by atoms with Gasteiger partial charge in [0.15, 0.2) is 0 Å². The second kappa shape index (κ2) is 6.64. The van der Waals surface area contributed by atoms with E-state index in [0.717, 1.165) is 19.3 Å². The van der Waals surface area contributed by atoms with Gasteiger partial charge < -0.3 is 10.5 Å². The van der Waals surface area contributed by atoms with E-state index in [4.69, 9.17) is 10.5 Å². The highest BCUT2D eigenvalue weighted by Crippen LogP contribution is 2.35. The number of ether oxygens (including phenoxy) is 1. The molecule has 7 heteroatoms. The maximum absolute atomic E-state index is 12.9. The van der Waals surface area contributed by atoms with Gasteiger partial charge in [0.1, 0.15) is 10.6 Å². The van der Waals surface area contributed by atoms with Gasteiger partial charge in [-0.3, -0.25) is 0 Å². The number of hydrogen-bond donors (Lipinski definition) is 1. The minimum Gasteiger partial charge on any atom is -0.495 e. The number of methoxy groups -OCH3 is 1. The van der Waals surface area contributed by atoms with E-state index in [-0.39, 0.29) is 16.9 Å². The summed E-state index contributed by atoms with van der Waals surface area (Å²) in [5, 5.41) is 0. The lowest BCUT2D eigenvalue weighted by Gasteiger charge is -2.28. The smallest absolute Gasteiger partial charge is 0.246 e. The number of nitrogens with two attached hydrogens (primary N) is 1. The second-order valence-electron chi connectivity index (χ2n) is 5.31. The third-order valence-electron chi connectivity index (χ3n) is 4.17. The zero-order valence-corrected chi connectivity index (χ0v) is 14.7. The molecule has 0 aliphatic heterocycles. The van der Waals surface area contributed by atoms with Crippen LogP contribution < -0.4 is 10.5 Å². The Morgan fingerprint density at radius 1 is 1.43 bits per heavy atom. The first-order valence-corrected chi connectivity index (χ1v) is 9.16. The molecule has 0 saturated heterocycles. The summed E-state index contributed by atoms with van der Waals surface area (Å²) in [5.41, 5.74) is 5.77. The average Bonchev–Trinajstić information content (AvgIpc) is 2.94. The highest BCUT2D eigenvalue weighted by Gasteiger charge is 2.37. The van der Waals surface area contributed by atoms with Crippen LogP contribution in [0.2, 0.25) is 0 Å². The molecule has 0 heterocycles. The largest absolute Gasteiger partial charge is 0.495 e. The molecule has 2 rings (SSSR count). The Morgan fingerprint density at radius 2 is 2.14 bits per heavy atom. The van der Waals surface area contributed by atoms with Gasteiger partial charge in [-0.25, -0.2) is 8.42 Å². The van der Waals surface area contributed by atoms with Crippen LogP contribution in [0, 0.1) is 5.92 Å². The van der Waals surface area contributed by atoms with Gasteiger partial charge in [0.25, 0.3) is 0 Å². The van der Waals surface area contributed by atoms with E-state index in [1.54, 1.807) is 25.2 Å². The summed E-state index contributed by atoms with van der Waals surface area (Å²) in [6, 6.07) is 4.95. The number of halogens is 1. The SMILES string of the molecule is COc1ccc(Br)cc1S(=O)(=O)N(C)C1CCCC1CN. The maximum Gasteiger partial charge on any atom is 0.246 e. The van der Waals surface area contributed by atoms with Crippen LogP contribution in [-0.2, 0) is 10.0 Å². The number of sulfonamides is 1. The minimum absolute atomic E-state index is 0.0383. The third-order valence-corrected chi connectivity index (χ3v) is 6.57. The van der Waals surface area contributed by atoms with Gasteiger partial charge >= 0.3 is 0 Å². The number of nitrogens with zero attached hydrogens (tertiary/aromatic N) is 1. The Labute approximate surface area is 134 Å². The fraction of sp³-hybridized carbons (Fsp3) is 0.571. The highest BCUT2D eigenvalue weighted by atomic mass is 79.9. The van der Waals surface area contributed by atoms with Crippen molar-refractivity contribution in [2.45, 2.75) is 30.2 Å². The van der Waals surface area contributed by atoms with Crippen molar-refractivity contribution in [1.82, 2.24) is 4.31 Å². The lowest BCUT2D eigenvalue weighted by atomic mass is 10.0. The van der Waals surface area contributed by atoms with Crippen molar-refractivity contribution < 1.29 is 13.2 Å². The van der Waals surface area contributed by atoms with Crippen molar-refractivity contribution in [2.75, 3.05) is 20.7 Å². The van der Waals surface area contributed by atoms with Crippen molar-refractivity contribution in [3.05, 3.63) is 22.7 Å². The molecule has 0 radical (unpaired) electrons. The molecule has 0 aromatic heterocycles. The molecule has 0 bridgehead atoms. The summed E-state index contributed by atoms with van der Waals surface area (Å²) in [7, 11) is -0.502. The summed E-state index contributed by atoms with van der Waals surface area (Å²) < 4.78 is 33.2. The predicted molar refractivity (Wildman–Crippen MR) is 85.8 cm³/mol. The molecule has 1 fully saturated rings. The number of hydrogen-bond acceptors (Lipinski definition) is 4. The van der Waals surface area contributed by atoms with E-state index < -0.39 is 10.0 Å². The molecule has 1 aromatic carbocycles. The molecular formula is C14H21BrN2O3S. The molecule has 5 nitrogen and oxygen atoms in total. The van der Waals surface area contributed by atoms with Crippen molar-refractivity contribution in [1.29, 1.82) is 0 Å². The first kappa shape index (κ1) is 16.7. The van der Waals surface area contributed by atoms with E-state index in [2.05, 4.69) is 15.9 Å². The zero-order valence-electron chi connectivity index (χ0n) is 12.3. The third kappa shape index (κ3) is 3.26. The van der Waals surface area contributed by atoms with Crippen LogP contribution in [0.5, 0.6) is 5.75 Å². The van der Waals surface area contributed by atoms with E-state index in [0.29, 0.717) is 16.8 Å². The van der Waals surface area contributed by atoms with Gasteiger partial charge in [-0.05, 0) is 43.5 Å². The summed E-state index contributed by atoms with van der Waals surface area (Å²) in [5.74, 6) is 0.579. The van der Waals surface area contributed by atoms with Gasteiger partial charge in [0.2, 0.25) is 10.0 Å². The molecule has 1 aliphatic carbocycles. The van der Waals surface area contributed by atoms with Gasteiger partial charge in [0, 0.05) is 17.6 Å². The number of rotatable bonds is 5. The Kier molecular flexibility index (Phi) is 5.29. The molecule has 1 aliphatic rings. The van der Waals surface area contributed by atoms with Crippen LogP contribution in [0.1, 0.15) is 19.3 Å². The second-order valence-corrected chi connectivity index (χ2v) is 8.19. The van der Waals surface area contributed by atoms with E-state index in [1.165, 1.54) is 11.4 Å². The maximum atomic E-state index is 12.9. The average molecular weight is 377 g/mol. The Bertz CT molecular complexity index is 606.